The van der Waals surface area contributed by atoms with Crippen LogP contribution in [-0.2, 0) is 18.2 Å². The van der Waals surface area contributed by atoms with E-state index in [9.17, 15) is 5.11 Å². The van der Waals surface area contributed by atoms with Gasteiger partial charge < -0.3 is 15.6 Å². The summed E-state index contributed by atoms with van der Waals surface area (Å²) in [5, 5.41) is 15.1. The zero-order valence-corrected chi connectivity index (χ0v) is 11.2. The molecule has 3 N–H and O–H groups in total. The third kappa shape index (κ3) is 2.30. The molecule has 2 heterocycles. The zero-order chi connectivity index (χ0) is 13.2. The quantitative estimate of drug-likeness (QED) is 0.831. The lowest BCUT2D eigenvalue weighted by Crippen LogP contribution is -2.41. The molecule has 1 atom stereocenters. The van der Waals surface area contributed by atoms with Crippen LogP contribution in [0.5, 0.6) is 0 Å². The number of rotatable bonds is 4. The van der Waals surface area contributed by atoms with Gasteiger partial charge in [-0.05, 0) is 19.3 Å². The SMILES string of the molecule is CCc1nn(C)cc1C(O)C1(CN)CCOCC1. The van der Waals surface area contributed by atoms with Crippen molar-refractivity contribution >= 4 is 0 Å². The molecule has 0 spiro atoms. The van der Waals surface area contributed by atoms with Gasteiger partial charge in [-0.2, -0.15) is 5.10 Å². The molecule has 5 heteroatoms. The topological polar surface area (TPSA) is 73.3 Å². The average molecular weight is 253 g/mol. The summed E-state index contributed by atoms with van der Waals surface area (Å²) in [7, 11) is 1.88. The predicted molar refractivity (Wildman–Crippen MR) is 69.1 cm³/mol. The first-order valence-electron chi connectivity index (χ1n) is 6.61. The van der Waals surface area contributed by atoms with Crippen LogP contribution < -0.4 is 5.73 Å². The molecule has 1 aliphatic heterocycles. The van der Waals surface area contributed by atoms with E-state index in [-0.39, 0.29) is 5.41 Å². The molecule has 1 saturated heterocycles. The van der Waals surface area contributed by atoms with Crippen LogP contribution in [-0.4, -0.2) is 34.6 Å². The summed E-state index contributed by atoms with van der Waals surface area (Å²) in [4.78, 5) is 0. The highest BCUT2D eigenvalue weighted by atomic mass is 16.5. The molecular weight excluding hydrogens is 230 g/mol. The maximum absolute atomic E-state index is 10.7. The Morgan fingerprint density at radius 3 is 2.78 bits per heavy atom. The molecule has 1 aliphatic rings. The summed E-state index contributed by atoms with van der Waals surface area (Å²) in [6.45, 7) is 3.89. The normalized spacial score (nSPS) is 20.9. The molecular formula is C13H23N3O2. The molecule has 0 saturated carbocycles. The number of aromatic nitrogens is 2. The summed E-state index contributed by atoms with van der Waals surface area (Å²) in [5.41, 5.74) is 7.56. The zero-order valence-electron chi connectivity index (χ0n) is 11.2. The van der Waals surface area contributed by atoms with E-state index in [0.717, 1.165) is 30.5 Å². The van der Waals surface area contributed by atoms with E-state index in [4.69, 9.17) is 10.5 Å². The third-order valence-corrected chi connectivity index (χ3v) is 4.04. The fourth-order valence-electron chi connectivity index (χ4n) is 2.75. The molecule has 1 aromatic heterocycles. The first-order valence-corrected chi connectivity index (χ1v) is 6.61. The van der Waals surface area contributed by atoms with Crippen molar-refractivity contribution < 1.29 is 9.84 Å². The monoisotopic (exact) mass is 253 g/mol. The first-order chi connectivity index (χ1) is 8.63. The largest absolute Gasteiger partial charge is 0.388 e. The summed E-state index contributed by atoms with van der Waals surface area (Å²) < 4.78 is 7.15. The van der Waals surface area contributed by atoms with Crippen molar-refractivity contribution in [3.63, 3.8) is 0 Å². The van der Waals surface area contributed by atoms with E-state index in [0.29, 0.717) is 19.8 Å². The second kappa shape index (κ2) is 5.38. The van der Waals surface area contributed by atoms with E-state index in [1.54, 1.807) is 4.68 Å². The van der Waals surface area contributed by atoms with Crippen LogP contribution >= 0.6 is 0 Å². The summed E-state index contributed by atoms with van der Waals surface area (Å²) in [6.07, 6.45) is 3.81. The van der Waals surface area contributed by atoms with Crippen molar-refractivity contribution in [1.29, 1.82) is 0 Å². The number of aliphatic hydroxyl groups is 1. The number of aliphatic hydroxyl groups excluding tert-OH is 1. The van der Waals surface area contributed by atoms with E-state index >= 15 is 0 Å². The van der Waals surface area contributed by atoms with E-state index in [1.807, 2.05) is 13.2 Å². The molecule has 1 fully saturated rings. The van der Waals surface area contributed by atoms with Gasteiger partial charge in [0.25, 0.3) is 0 Å². The molecule has 1 unspecified atom stereocenters. The molecule has 0 amide bonds. The van der Waals surface area contributed by atoms with Gasteiger partial charge >= 0.3 is 0 Å². The highest BCUT2D eigenvalue weighted by Crippen LogP contribution is 2.42. The lowest BCUT2D eigenvalue weighted by atomic mass is 9.73. The van der Waals surface area contributed by atoms with Crippen LogP contribution in [0.4, 0.5) is 0 Å². The van der Waals surface area contributed by atoms with Gasteiger partial charge in [-0.15, -0.1) is 0 Å². The summed E-state index contributed by atoms with van der Waals surface area (Å²) >= 11 is 0. The van der Waals surface area contributed by atoms with Gasteiger partial charge in [-0.1, -0.05) is 6.92 Å². The molecule has 0 radical (unpaired) electrons. The molecule has 102 valence electrons. The fourth-order valence-corrected chi connectivity index (χ4v) is 2.75. The number of nitrogens with two attached hydrogens (primary N) is 1. The maximum Gasteiger partial charge on any atom is 0.0893 e. The number of hydrogen-bond donors (Lipinski definition) is 2. The molecule has 0 bridgehead atoms. The highest BCUT2D eigenvalue weighted by Gasteiger charge is 2.40. The number of nitrogens with zero attached hydrogens (tertiary/aromatic N) is 2. The Bertz CT molecular complexity index is 397. The first kappa shape index (κ1) is 13.5. The van der Waals surface area contributed by atoms with Crippen LogP contribution in [0.1, 0.15) is 37.1 Å². The second-order valence-electron chi connectivity index (χ2n) is 5.14. The van der Waals surface area contributed by atoms with Crippen molar-refractivity contribution in [2.24, 2.45) is 18.2 Å². The van der Waals surface area contributed by atoms with Gasteiger partial charge in [0.2, 0.25) is 0 Å². The predicted octanol–water partition coefficient (Wildman–Crippen LogP) is 0.771. The molecule has 0 aliphatic carbocycles. The van der Waals surface area contributed by atoms with Crippen LogP contribution in [0.2, 0.25) is 0 Å². The smallest absolute Gasteiger partial charge is 0.0893 e. The molecule has 5 nitrogen and oxygen atoms in total. The summed E-state index contributed by atoms with van der Waals surface area (Å²) in [5.74, 6) is 0. The van der Waals surface area contributed by atoms with E-state index < -0.39 is 6.10 Å². The minimum atomic E-state index is -0.546. The van der Waals surface area contributed by atoms with Crippen molar-refractivity contribution in [2.45, 2.75) is 32.3 Å². The molecule has 18 heavy (non-hydrogen) atoms. The van der Waals surface area contributed by atoms with Crippen molar-refractivity contribution in [2.75, 3.05) is 19.8 Å². The Kier molecular flexibility index (Phi) is 4.04. The van der Waals surface area contributed by atoms with E-state index in [1.165, 1.54) is 0 Å². The Balaban J connectivity index is 2.30. The average Bonchev–Trinajstić information content (AvgIpc) is 2.79. The van der Waals surface area contributed by atoms with Crippen LogP contribution in [0.3, 0.4) is 0 Å². The maximum atomic E-state index is 10.7. The minimum absolute atomic E-state index is 0.259. The van der Waals surface area contributed by atoms with Crippen LogP contribution in [0.25, 0.3) is 0 Å². The lowest BCUT2D eigenvalue weighted by molar-refractivity contribution is -0.0584. The summed E-state index contributed by atoms with van der Waals surface area (Å²) in [6, 6.07) is 0. The van der Waals surface area contributed by atoms with Gasteiger partial charge in [-0.25, -0.2) is 0 Å². The highest BCUT2D eigenvalue weighted by molar-refractivity contribution is 5.22. The minimum Gasteiger partial charge on any atom is -0.388 e. The molecule has 1 aromatic rings. The van der Waals surface area contributed by atoms with Gasteiger partial charge in [0.15, 0.2) is 0 Å². The Labute approximate surface area is 108 Å². The fraction of sp³-hybridized carbons (Fsp3) is 0.769. The van der Waals surface area contributed by atoms with Gasteiger partial charge in [-0.3, -0.25) is 4.68 Å². The Hall–Kier alpha value is -0.910. The van der Waals surface area contributed by atoms with E-state index in [2.05, 4.69) is 12.0 Å². The van der Waals surface area contributed by atoms with Crippen LogP contribution in [0, 0.1) is 5.41 Å². The number of ether oxygens (including phenoxy) is 1. The van der Waals surface area contributed by atoms with Gasteiger partial charge in [0, 0.05) is 44.0 Å². The second-order valence-corrected chi connectivity index (χ2v) is 5.14. The number of hydrogen-bond acceptors (Lipinski definition) is 4. The van der Waals surface area contributed by atoms with Crippen molar-refractivity contribution in [3.05, 3.63) is 17.5 Å². The van der Waals surface area contributed by atoms with Gasteiger partial charge in [0.1, 0.15) is 0 Å². The molecule has 2 rings (SSSR count). The Morgan fingerprint density at radius 2 is 2.22 bits per heavy atom. The van der Waals surface area contributed by atoms with Crippen LogP contribution in [0.15, 0.2) is 6.20 Å². The number of aryl methyl sites for hydroxylation is 2. The molecule has 0 aromatic carbocycles. The van der Waals surface area contributed by atoms with Gasteiger partial charge in [0.05, 0.1) is 11.8 Å². The van der Waals surface area contributed by atoms with Crippen molar-refractivity contribution in [3.8, 4) is 0 Å². The lowest BCUT2D eigenvalue weighted by Gasteiger charge is -2.40. The third-order valence-electron chi connectivity index (χ3n) is 4.04. The Morgan fingerprint density at radius 1 is 1.56 bits per heavy atom. The van der Waals surface area contributed by atoms with Crippen molar-refractivity contribution in [1.82, 2.24) is 9.78 Å². The standard InChI is InChI=1S/C13H23N3O2/c1-3-11-10(8-16(2)15-11)12(17)13(9-14)4-6-18-7-5-13/h8,12,17H,3-7,9,14H2,1-2H3.